The highest BCUT2D eigenvalue weighted by atomic mass is 16.6. The number of carbonyl (C=O) groups excluding carboxylic acids is 3. The van der Waals surface area contributed by atoms with Crippen LogP contribution in [0.25, 0.3) is 0 Å². The summed E-state index contributed by atoms with van der Waals surface area (Å²) in [4.78, 5) is 38.3. The first-order chi connectivity index (χ1) is 41.0. The van der Waals surface area contributed by atoms with Gasteiger partial charge in [0.25, 0.3) is 0 Å². The predicted octanol–water partition coefficient (Wildman–Crippen LogP) is 24.3. The molecule has 1 atom stereocenters. The van der Waals surface area contributed by atoms with Gasteiger partial charge in [0.15, 0.2) is 6.10 Å². The van der Waals surface area contributed by atoms with Crippen molar-refractivity contribution in [1.29, 1.82) is 0 Å². The molecule has 6 heteroatoms. The first-order valence-electron chi connectivity index (χ1n) is 35.0. The first kappa shape index (κ1) is 78.8. The first-order valence-corrected chi connectivity index (χ1v) is 35.0. The topological polar surface area (TPSA) is 78.9 Å². The molecule has 0 amide bonds. The van der Waals surface area contributed by atoms with Crippen LogP contribution >= 0.6 is 0 Å². The Kier molecular flexibility index (Phi) is 66.7. The highest BCUT2D eigenvalue weighted by Crippen LogP contribution is 2.17. The van der Waals surface area contributed by atoms with Gasteiger partial charge in [-0.2, -0.15) is 0 Å². The second-order valence-corrected chi connectivity index (χ2v) is 23.0. The number of unbranched alkanes of at least 4 members (excludes halogenated alkanes) is 32. The molecule has 0 aliphatic carbocycles. The lowest BCUT2D eigenvalue weighted by Gasteiger charge is -2.18. The third kappa shape index (κ3) is 68.5. The molecule has 0 heterocycles. The van der Waals surface area contributed by atoms with Crippen molar-refractivity contribution < 1.29 is 28.6 Å². The molecule has 6 nitrogen and oxygen atoms in total. The summed E-state index contributed by atoms with van der Waals surface area (Å²) in [6.07, 6.45) is 98.1. The fourth-order valence-electron chi connectivity index (χ4n) is 9.75. The van der Waals surface area contributed by atoms with Gasteiger partial charge in [0.2, 0.25) is 0 Å². The molecular formula is C77H130O6. The van der Waals surface area contributed by atoms with Crippen molar-refractivity contribution in [2.24, 2.45) is 0 Å². The molecule has 0 bridgehead atoms. The van der Waals surface area contributed by atoms with Crippen molar-refractivity contribution in [3.8, 4) is 0 Å². The maximum Gasteiger partial charge on any atom is 0.306 e. The molecule has 0 aromatic carbocycles. The van der Waals surface area contributed by atoms with Gasteiger partial charge in [0.1, 0.15) is 13.2 Å². The fraction of sp³-hybridized carbons (Fsp3) is 0.701. The van der Waals surface area contributed by atoms with E-state index in [1.807, 2.05) is 0 Å². The Hall–Kier alpha value is -4.19. The third-order valence-electron chi connectivity index (χ3n) is 14.9. The van der Waals surface area contributed by atoms with Gasteiger partial charge >= 0.3 is 17.9 Å². The molecule has 0 spiro atoms. The summed E-state index contributed by atoms with van der Waals surface area (Å²) in [5, 5.41) is 0. The molecule has 0 saturated heterocycles. The highest BCUT2D eigenvalue weighted by molar-refractivity contribution is 5.71. The normalized spacial score (nSPS) is 12.9. The lowest BCUT2D eigenvalue weighted by Crippen LogP contribution is -2.30. The number of esters is 3. The van der Waals surface area contributed by atoms with E-state index in [0.29, 0.717) is 19.3 Å². The van der Waals surface area contributed by atoms with Crippen LogP contribution in [0.1, 0.15) is 329 Å². The Morgan fingerprint density at radius 1 is 0.253 bits per heavy atom. The molecule has 0 aromatic heterocycles. The van der Waals surface area contributed by atoms with Crippen LogP contribution in [0.15, 0.2) is 122 Å². The van der Waals surface area contributed by atoms with Crippen molar-refractivity contribution in [3.63, 3.8) is 0 Å². The zero-order chi connectivity index (χ0) is 59.9. The Morgan fingerprint density at radius 2 is 0.470 bits per heavy atom. The molecule has 83 heavy (non-hydrogen) atoms. The van der Waals surface area contributed by atoms with E-state index in [2.05, 4.69) is 142 Å². The van der Waals surface area contributed by atoms with Crippen LogP contribution in [-0.2, 0) is 28.6 Å². The van der Waals surface area contributed by atoms with E-state index in [9.17, 15) is 14.4 Å². The number of carbonyl (C=O) groups is 3. The van der Waals surface area contributed by atoms with E-state index in [1.165, 1.54) is 167 Å². The van der Waals surface area contributed by atoms with Crippen molar-refractivity contribution in [3.05, 3.63) is 122 Å². The van der Waals surface area contributed by atoms with Crippen LogP contribution in [-0.4, -0.2) is 37.2 Å². The van der Waals surface area contributed by atoms with E-state index in [0.717, 1.165) is 116 Å². The van der Waals surface area contributed by atoms with Crippen LogP contribution in [0.2, 0.25) is 0 Å². The van der Waals surface area contributed by atoms with Gasteiger partial charge in [0.05, 0.1) is 0 Å². The number of rotatable bonds is 63. The second-order valence-electron chi connectivity index (χ2n) is 23.0. The number of ether oxygens (including phenoxy) is 3. The van der Waals surface area contributed by atoms with E-state index in [-0.39, 0.29) is 37.5 Å². The van der Waals surface area contributed by atoms with Crippen LogP contribution in [0.5, 0.6) is 0 Å². The molecule has 0 aliphatic heterocycles. The summed E-state index contributed by atoms with van der Waals surface area (Å²) in [6, 6.07) is 0. The van der Waals surface area contributed by atoms with Gasteiger partial charge in [-0.15, -0.1) is 0 Å². The lowest BCUT2D eigenvalue weighted by atomic mass is 10.0. The minimum atomic E-state index is -0.804. The summed E-state index contributed by atoms with van der Waals surface area (Å²) in [5.74, 6) is -0.936. The molecular weight excluding hydrogens is 1020 g/mol. The van der Waals surface area contributed by atoms with Crippen LogP contribution in [0.3, 0.4) is 0 Å². The van der Waals surface area contributed by atoms with Crippen molar-refractivity contribution in [2.75, 3.05) is 13.2 Å². The molecule has 0 aliphatic rings. The number of hydrogen-bond acceptors (Lipinski definition) is 6. The summed E-state index contributed by atoms with van der Waals surface area (Å²) >= 11 is 0. The monoisotopic (exact) mass is 1150 g/mol. The Balaban J connectivity index is 4.18. The molecule has 0 rings (SSSR count). The van der Waals surface area contributed by atoms with Gasteiger partial charge in [-0.1, -0.05) is 303 Å². The van der Waals surface area contributed by atoms with Gasteiger partial charge in [-0.05, 0) is 128 Å². The summed E-state index contributed by atoms with van der Waals surface area (Å²) in [6.45, 7) is 6.39. The van der Waals surface area contributed by atoms with E-state index in [4.69, 9.17) is 14.2 Å². The smallest absolute Gasteiger partial charge is 0.306 e. The summed E-state index contributed by atoms with van der Waals surface area (Å²) in [5.41, 5.74) is 0. The van der Waals surface area contributed by atoms with Crippen molar-refractivity contribution >= 4 is 17.9 Å². The Morgan fingerprint density at radius 3 is 0.771 bits per heavy atom. The maximum atomic E-state index is 12.9. The fourth-order valence-corrected chi connectivity index (χ4v) is 9.75. The summed E-state index contributed by atoms with van der Waals surface area (Å²) < 4.78 is 16.9. The van der Waals surface area contributed by atoms with Gasteiger partial charge in [0, 0.05) is 19.3 Å². The Labute approximate surface area is 513 Å². The van der Waals surface area contributed by atoms with Gasteiger partial charge < -0.3 is 14.2 Å². The standard InChI is InChI=1S/C77H130O6/c1-4-7-10-13-16-19-22-25-28-29-30-31-32-33-34-35-36-37-38-39-40-41-42-43-44-45-46-47-50-52-55-58-61-64-67-70-76(79)82-73-74(83-77(80)71-68-65-62-59-56-53-49-27-24-21-18-15-12-9-6-3)72-81-75(78)69-66-63-60-57-54-51-48-26-23-20-17-14-11-8-5-2/h7,9-10,12,16,18-19,21,25-28,30-31,33-34,48-49,56,59,74H,4-6,8,11,13-15,17,20,22-24,29,32,35-47,50-55,57-58,60-73H2,1-3H3/b10-7-,12-9-,19-16-,21-18-,28-25-,31-30-,34-33-,48-26-,49-27-,59-56-. The van der Waals surface area contributed by atoms with Crippen LogP contribution < -0.4 is 0 Å². The highest BCUT2D eigenvalue weighted by Gasteiger charge is 2.19. The molecule has 0 radical (unpaired) electrons. The quantitative estimate of drug-likeness (QED) is 0.0261. The third-order valence-corrected chi connectivity index (χ3v) is 14.9. The minimum Gasteiger partial charge on any atom is -0.462 e. The van der Waals surface area contributed by atoms with E-state index in [1.54, 1.807) is 0 Å². The Bertz CT molecular complexity index is 1700. The molecule has 474 valence electrons. The largest absolute Gasteiger partial charge is 0.462 e. The zero-order valence-electron chi connectivity index (χ0n) is 54.4. The van der Waals surface area contributed by atoms with Crippen molar-refractivity contribution in [1.82, 2.24) is 0 Å². The SMILES string of the molecule is CC/C=C\C/C=C\C/C=C\C/C=C\C/C=C\CCCCCCCCCCCCCCCCCCCCCC(=O)OCC(COC(=O)CCCCCCC/C=C\CCCCCCCC)OC(=O)CCCC/C=C\C/C=C\C/C=C\C/C=C\CC. The maximum absolute atomic E-state index is 12.9. The van der Waals surface area contributed by atoms with E-state index >= 15 is 0 Å². The molecule has 1 unspecified atom stereocenters. The lowest BCUT2D eigenvalue weighted by molar-refractivity contribution is -0.167. The molecule has 0 N–H and O–H groups in total. The zero-order valence-corrected chi connectivity index (χ0v) is 54.4. The van der Waals surface area contributed by atoms with Crippen LogP contribution in [0, 0.1) is 0 Å². The number of allylic oxidation sites excluding steroid dienone is 20. The van der Waals surface area contributed by atoms with E-state index < -0.39 is 6.10 Å². The van der Waals surface area contributed by atoms with Crippen LogP contribution in [0.4, 0.5) is 0 Å². The molecule has 0 aromatic rings. The predicted molar refractivity (Wildman–Crippen MR) is 362 cm³/mol. The van der Waals surface area contributed by atoms with Gasteiger partial charge in [-0.3, -0.25) is 14.4 Å². The summed E-state index contributed by atoms with van der Waals surface area (Å²) in [7, 11) is 0. The minimum absolute atomic E-state index is 0.0957. The average Bonchev–Trinajstić information content (AvgIpc) is 3.49. The molecule has 0 fully saturated rings. The van der Waals surface area contributed by atoms with Gasteiger partial charge in [-0.25, -0.2) is 0 Å². The van der Waals surface area contributed by atoms with Crippen molar-refractivity contribution in [2.45, 2.75) is 335 Å². The molecule has 0 saturated carbocycles. The average molecular weight is 1150 g/mol. The second kappa shape index (κ2) is 70.3. The number of hydrogen-bond donors (Lipinski definition) is 0.